The summed E-state index contributed by atoms with van der Waals surface area (Å²) in [5, 5.41) is 0. The highest BCUT2D eigenvalue weighted by Crippen LogP contribution is 2.32. The number of carbonyl (C=O) groups is 3. The average Bonchev–Trinajstić information content (AvgIpc) is 3.21. The molecule has 9 heteroatoms. The van der Waals surface area contributed by atoms with Crippen LogP contribution >= 0.6 is 0 Å². The standard InChI is InChI=1S/C20H26N4O5/c21-18(25)15-3-5-23(6-4-15)19(26)20(27)24-9-7-22(8-10-24)12-14-1-2-16-17(11-14)29-13-28-16/h1-2,11,15H,3-10,12-13H2,(H2,21,25). The van der Waals surface area contributed by atoms with Gasteiger partial charge in [0.05, 0.1) is 0 Å². The predicted octanol–water partition coefficient (Wildman–Crippen LogP) is -0.217. The molecule has 0 aromatic heterocycles. The van der Waals surface area contributed by atoms with E-state index in [0.717, 1.165) is 23.6 Å². The van der Waals surface area contributed by atoms with Crippen LogP contribution in [-0.2, 0) is 20.9 Å². The number of rotatable bonds is 3. The highest BCUT2D eigenvalue weighted by Gasteiger charge is 2.33. The van der Waals surface area contributed by atoms with Gasteiger partial charge in [0.25, 0.3) is 0 Å². The van der Waals surface area contributed by atoms with Gasteiger partial charge in [-0.3, -0.25) is 19.3 Å². The van der Waals surface area contributed by atoms with Crippen LogP contribution in [0.15, 0.2) is 18.2 Å². The van der Waals surface area contributed by atoms with Gasteiger partial charge in [-0.1, -0.05) is 6.07 Å². The third-order valence-corrected chi connectivity index (χ3v) is 5.87. The quantitative estimate of drug-likeness (QED) is 0.701. The molecular formula is C20H26N4O5. The molecule has 0 unspecified atom stereocenters. The van der Waals surface area contributed by atoms with Crippen molar-refractivity contribution in [1.82, 2.24) is 14.7 Å². The molecule has 3 amide bonds. The van der Waals surface area contributed by atoms with Crippen LogP contribution in [-0.4, -0.2) is 78.5 Å². The van der Waals surface area contributed by atoms with Crippen molar-refractivity contribution in [3.05, 3.63) is 23.8 Å². The van der Waals surface area contributed by atoms with E-state index >= 15 is 0 Å². The smallest absolute Gasteiger partial charge is 0.312 e. The van der Waals surface area contributed by atoms with E-state index in [1.807, 2.05) is 18.2 Å². The third kappa shape index (κ3) is 4.29. The Morgan fingerprint density at radius 1 is 0.897 bits per heavy atom. The minimum Gasteiger partial charge on any atom is -0.454 e. The van der Waals surface area contributed by atoms with Gasteiger partial charge < -0.3 is 25.0 Å². The molecule has 2 saturated heterocycles. The van der Waals surface area contributed by atoms with Crippen molar-refractivity contribution < 1.29 is 23.9 Å². The number of nitrogens with zero attached hydrogens (tertiary/aromatic N) is 3. The van der Waals surface area contributed by atoms with Crippen molar-refractivity contribution in [3.8, 4) is 11.5 Å². The third-order valence-electron chi connectivity index (χ3n) is 5.87. The van der Waals surface area contributed by atoms with Gasteiger partial charge in [0, 0.05) is 51.7 Å². The van der Waals surface area contributed by atoms with Crippen LogP contribution in [0.4, 0.5) is 0 Å². The summed E-state index contributed by atoms with van der Waals surface area (Å²) in [6.07, 6.45) is 1.05. The summed E-state index contributed by atoms with van der Waals surface area (Å²) in [6, 6.07) is 5.92. The summed E-state index contributed by atoms with van der Waals surface area (Å²) in [4.78, 5) is 41.8. The Labute approximate surface area is 169 Å². The van der Waals surface area contributed by atoms with Gasteiger partial charge in [0.2, 0.25) is 12.7 Å². The van der Waals surface area contributed by atoms with E-state index in [9.17, 15) is 14.4 Å². The van der Waals surface area contributed by atoms with Gasteiger partial charge in [-0.05, 0) is 30.5 Å². The SMILES string of the molecule is NC(=O)C1CCN(C(=O)C(=O)N2CCN(Cc3ccc4c(c3)OCO4)CC2)CC1. The number of likely N-dealkylation sites (tertiary alicyclic amines) is 1. The van der Waals surface area contributed by atoms with Gasteiger partial charge in [0.1, 0.15) is 0 Å². The minimum absolute atomic E-state index is 0.200. The molecule has 0 aliphatic carbocycles. The first-order valence-electron chi connectivity index (χ1n) is 9.99. The van der Waals surface area contributed by atoms with Crippen LogP contribution < -0.4 is 15.2 Å². The lowest BCUT2D eigenvalue weighted by molar-refractivity contribution is -0.154. The predicted molar refractivity (Wildman–Crippen MR) is 103 cm³/mol. The first kappa shape index (κ1) is 19.5. The largest absolute Gasteiger partial charge is 0.454 e. The second kappa shape index (κ2) is 8.28. The van der Waals surface area contributed by atoms with Gasteiger partial charge in [0.15, 0.2) is 11.5 Å². The van der Waals surface area contributed by atoms with Crippen LogP contribution in [0.2, 0.25) is 0 Å². The van der Waals surface area contributed by atoms with Crippen molar-refractivity contribution in [2.75, 3.05) is 46.1 Å². The molecule has 29 heavy (non-hydrogen) atoms. The monoisotopic (exact) mass is 402 g/mol. The van der Waals surface area contributed by atoms with E-state index in [4.69, 9.17) is 15.2 Å². The normalized spacial score (nSPS) is 20.0. The molecule has 2 N–H and O–H groups in total. The fourth-order valence-electron chi connectivity index (χ4n) is 4.04. The number of fused-ring (bicyclic) bond motifs is 1. The first-order valence-corrected chi connectivity index (χ1v) is 9.99. The van der Waals surface area contributed by atoms with Crippen molar-refractivity contribution in [2.24, 2.45) is 11.7 Å². The zero-order chi connectivity index (χ0) is 20.4. The summed E-state index contributed by atoms with van der Waals surface area (Å²) < 4.78 is 10.8. The second-order valence-electron chi connectivity index (χ2n) is 7.72. The van der Waals surface area contributed by atoms with Gasteiger partial charge in [-0.2, -0.15) is 0 Å². The van der Waals surface area contributed by atoms with E-state index in [1.54, 1.807) is 9.80 Å². The Balaban J connectivity index is 1.25. The molecule has 4 rings (SSSR count). The molecule has 0 atom stereocenters. The van der Waals surface area contributed by atoms with E-state index in [0.29, 0.717) is 52.1 Å². The molecule has 156 valence electrons. The van der Waals surface area contributed by atoms with Gasteiger partial charge in [-0.15, -0.1) is 0 Å². The lowest BCUT2D eigenvalue weighted by Gasteiger charge is -2.36. The van der Waals surface area contributed by atoms with E-state index in [2.05, 4.69) is 4.90 Å². The second-order valence-corrected chi connectivity index (χ2v) is 7.72. The van der Waals surface area contributed by atoms with Crippen molar-refractivity contribution >= 4 is 17.7 Å². The molecule has 1 aromatic rings. The topological polar surface area (TPSA) is 105 Å². The molecule has 1 aromatic carbocycles. The fraction of sp³-hybridized carbons (Fsp3) is 0.550. The van der Waals surface area contributed by atoms with Crippen LogP contribution in [0.5, 0.6) is 11.5 Å². The van der Waals surface area contributed by atoms with E-state index in [1.165, 1.54) is 0 Å². The van der Waals surface area contributed by atoms with Crippen LogP contribution in [0.25, 0.3) is 0 Å². The maximum absolute atomic E-state index is 12.6. The Morgan fingerprint density at radius 2 is 1.52 bits per heavy atom. The molecular weight excluding hydrogens is 376 g/mol. The maximum Gasteiger partial charge on any atom is 0.312 e. The summed E-state index contributed by atoms with van der Waals surface area (Å²) in [5.41, 5.74) is 6.45. The number of piperazine rings is 1. The van der Waals surface area contributed by atoms with E-state index in [-0.39, 0.29) is 18.6 Å². The van der Waals surface area contributed by atoms with Crippen molar-refractivity contribution in [1.29, 1.82) is 0 Å². The number of ether oxygens (including phenoxy) is 2. The van der Waals surface area contributed by atoms with Gasteiger partial charge in [-0.25, -0.2) is 0 Å². The number of amides is 3. The number of nitrogens with two attached hydrogens (primary N) is 1. The molecule has 3 aliphatic rings. The number of hydrogen-bond acceptors (Lipinski definition) is 6. The minimum atomic E-state index is -0.475. The Hall–Kier alpha value is -2.81. The fourth-order valence-corrected chi connectivity index (χ4v) is 4.04. The summed E-state index contributed by atoms with van der Waals surface area (Å²) in [5.74, 6) is 0.0721. The van der Waals surface area contributed by atoms with Crippen molar-refractivity contribution in [3.63, 3.8) is 0 Å². The Kier molecular flexibility index (Phi) is 5.57. The molecule has 0 bridgehead atoms. The van der Waals surface area contributed by atoms with Crippen molar-refractivity contribution in [2.45, 2.75) is 19.4 Å². The first-order chi connectivity index (χ1) is 14.0. The van der Waals surface area contributed by atoms with E-state index < -0.39 is 11.8 Å². The molecule has 9 nitrogen and oxygen atoms in total. The average molecular weight is 402 g/mol. The Morgan fingerprint density at radius 3 is 2.17 bits per heavy atom. The molecule has 0 radical (unpaired) electrons. The highest BCUT2D eigenvalue weighted by atomic mass is 16.7. The summed E-state index contributed by atoms with van der Waals surface area (Å²) in [7, 11) is 0. The number of benzene rings is 1. The summed E-state index contributed by atoms with van der Waals surface area (Å²) in [6.45, 7) is 4.28. The number of primary amides is 1. The number of piperidine rings is 1. The van der Waals surface area contributed by atoms with Gasteiger partial charge >= 0.3 is 11.8 Å². The van der Waals surface area contributed by atoms with Crippen LogP contribution in [0.1, 0.15) is 18.4 Å². The summed E-state index contributed by atoms with van der Waals surface area (Å²) >= 11 is 0. The maximum atomic E-state index is 12.6. The lowest BCUT2D eigenvalue weighted by Crippen LogP contribution is -2.54. The number of carbonyl (C=O) groups excluding carboxylic acids is 3. The molecule has 0 spiro atoms. The highest BCUT2D eigenvalue weighted by molar-refractivity contribution is 6.34. The lowest BCUT2D eigenvalue weighted by atomic mass is 9.96. The molecule has 2 fully saturated rings. The zero-order valence-electron chi connectivity index (χ0n) is 16.3. The molecule has 3 aliphatic heterocycles. The van der Waals surface area contributed by atoms with Crippen LogP contribution in [0.3, 0.4) is 0 Å². The Bertz CT molecular complexity index is 798. The van der Waals surface area contributed by atoms with Crippen LogP contribution in [0, 0.1) is 5.92 Å². The zero-order valence-corrected chi connectivity index (χ0v) is 16.3. The number of hydrogen-bond donors (Lipinski definition) is 1. The molecule has 0 saturated carbocycles. The molecule has 3 heterocycles.